The van der Waals surface area contributed by atoms with Gasteiger partial charge in [0.2, 0.25) is 5.91 Å². The summed E-state index contributed by atoms with van der Waals surface area (Å²) in [7, 11) is 1.61. The average molecular weight is 351 g/mol. The van der Waals surface area contributed by atoms with Crippen LogP contribution in [0.25, 0.3) is 0 Å². The Morgan fingerprint density at radius 2 is 2.29 bits per heavy atom. The Labute approximate surface area is 145 Å². The minimum atomic E-state index is -0.865. The summed E-state index contributed by atoms with van der Waals surface area (Å²) < 4.78 is 11.0. The molecule has 2 unspecified atom stereocenters. The Bertz CT molecular complexity index is 635. The maximum absolute atomic E-state index is 12.9. The normalized spacial score (nSPS) is 23.1. The van der Waals surface area contributed by atoms with Gasteiger partial charge in [0.25, 0.3) is 0 Å². The lowest BCUT2D eigenvalue weighted by Gasteiger charge is -2.38. The SMILES string of the molecule is COc1ccc2c(c1)CC(C(=O)N1CCSCC1CC(=O)O)CO2. The third-order valence-corrected chi connectivity index (χ3v) is 5.54. The number of methoxy groups -OCH3 is 1. The molecule has 2 heterocycles. The smallest absolute Gasteiger partial charge is 0.305 e. The van der Waals surface area contributed by atoms with Gasteiger partial charge in [-0.15, -0.1) is 0 Å². The van der Waals surface area contributed by atoms with E-state index in [1.165, 1.54) is 0 Å². The molecule has 1 aromatic rings. The van der Waals surface area contributed by atoms with Crippen molar-refractivity contribution in [2.45, 2.75) is 18.9 Å². The minimum absolute atomic E-state index is 0.00325. The number of rotatable bonds is 4. The van der Waals surface area contributed by atoms with Gasteiger partial charge in [-0.2, -0.15) is 11.8 Å². The van der Waals surface area contributed by atoms with Crippen LogP contribution < -0.4 is 9.47 Å². The maximum Gasteiger partial charge on any atom is 0.305 e. The second-order valence-electron chi connectivity index (χ2n) is 6.04. The summed E-state index contributed by atoms with van der Waals surface area (Å²) >= 11 is 1.70. The summed E-state index contributed by atoms with van der Waals surface area (Å²) in [5.41, 5.74) is 0.958. The molecule has 2 atom stereocenters. The van der Waals surface area contributed by atoms with E-state index in [1.807, 2.05) is 18.2 Å². The van der Waals surface area contributed by atoms with Crippen molar-refractivity contribution in [3.8, 4) is 11.5 Å². The van der Waals surface area contributed by atoms with Gasteiger partial charge < -0.3 is 19.5 Å². The van der Waals surface area contributed by atoms with Crippen molar-refractivity contribution in [2.24, 2.45) is 5.92 Å². The Hall–Kier alpha value is -1.89. The summed E-state index contributed by atoms with van der Waals surface area (Å²) in [6, 6.07) is 5.36. The van der Waals surface area contributed by atoms with Crippen LogP contribution in [0.2, 0.25) is 0 Å². The standard InChI is InChI=1S/C17H21NO5S/c1-22-14-2-3-15-11(7-14)6-12(9-23-15)17(21)18-4-5-24-10-13(18)8-16(19)20/h2-3,7,12-13H,4-6,8-10H2,1H3,(H,19,20). The Morgan fingerprint density at radius 1 is 1.46 bits per heavy atom. The van der Waals surface area contributed by atoms with Gasteiger partial charge in [0.05, 0.1) is 25.5 Å². The van der Waals surface area contributed by atoms with Crippen LogP contribution in [-0.2, 0) is 16.0 Å². The largest absolute Gasteiger partial charge is 0.497 e. The molecule has 3 rings (SSSR count). The molecule has 1 aromatic carbocycles. The molecule has 2 aliphatic rings. The number of carbonyl (C=O) groups excluding carboxylic acids is 1. The van der Waals surface area contributed by atoms with Crippen molar-refractivity contribution in [1.82, 2.24) is 4.90 Å². The zero-order valence-corrected chi connectivity index (χ0v) is 14.4. The highest BCUT2D eigenvalue weighted by Crippen LogP contribution is 2.32. The van der Waals surface area contributed by atoms with E-state index in [9.17, 15) is 9.59 Å². The molecule has 0 saturated carbocycles. The first-order valence-electron chi connectivity index (χ1n) is 7.98. The number of thioether (sulfide) groups is 1. The molecule has 1 fully saturated rings. The number of hydrogen-bond acceptors (Lipinski definition) is 5. The summed E-state index contributed by atoms with van der Waals surface area (Å²) in [5, 5.41) is 9.08. The van der Waals surface area contributed by atoms with Crippen LogP contribution in [0.15, 0.2) is 18.2 Å². The van der Waals surface area contributed by atoms with Crippen LogP contribution >= 0.6 is 11.8 Å². The van der Waals surface area contributed by atoms with Crippen LogP contribution in [0.3, 0.4) is 0 Å². The van der Waals surface area contributed by atoms with Crippen molar-refractivity contribution >= 4 is 23.6 Å². The first-order chi connectivity index (χ1) is 11.6. The topological polar surface area (TPSA) is 76.1 Å². The number of hydrogen-bond donors (Lipinski definition) is 1. The fraction of sp³-hybridized carbons (Fsp3) is 0.529. The van der Waals surface area contributed by atoms with Gasteiger partial charge in [-0.05, 0) is 30.2 Å². The molecule has 1 saturated heterocycles. The average Bonchev–Trinajstić information content (AvgIpc) is 2.60. The molecule has 0 spiro atoms. The molecule has 0 radical (unpaired) electrons. The molecule has 0 aromatic heterocycles. The number of carboxylic acids is 1. The van der Waals surface area contributed by atoms with E-state index in [2.05, 4.69) is 0 Å². The fourth-order valence-electron chi connectivity index (χ4n) is 3.21. The van der Waals surface area contributed by atoms with Crippen LogP contribution in [0, 0.1) is 5.92 Å². The number of amides is 1. The number of carbonyl (C=O) groups is 2. The highest BCUT2D eigenvalue weighted by molar-refractivity contribution is 7.99. The first-order valence-corrected chi connectivity index (χ1v) is 9.13. The maximum atomic E-state index is 12.9. The van der Waals surface area contributed by atoms with E-state index >= 15 is 0 Å². The molecular weight excluding hydrogens is 330 g/mol. The summed E-state index contributed by atoms with van der Waals surface area (Å²) in [5.74, 6) is 1.91. The zero-order valence-electron chi connectivity index (χ0n) is 13.6. The van der Waals surface area contributed by atoms with E-state index in [4.69, 9.17) is 14.6 Å². The highest BCUT2D eigenvalue weighted by Gasteiger charge is 2.35. The van der Waals surface area contributed by atoms with Gasteiger partial charge in [-0.25, -0.2) is 0 Å². The fourth-order valence-corrected chi connectivity index (χ4v) is 4.27. The molecule has 1 amide bonds. The second-order valence-corrected chi connectivity index (χ2v) is 7.19. The third kappa shape index (κ3) is 3.61. The van der Waals surface area contributed by atoms with Gasteiger partial charge >= 0.3 is 5.97 Å². The third-order valence-electron chi connectivity index (χ3n) is 4.44. The molecule has 1 N–H and O–H groups in total. The van der Waals surface area contributed by atoms with E-state index in [0.717, 1.165) is 22.8 Å². The van der Waals surface area contributed by atoms with E-state index in [0.29, 0.717) is 25.3 Å². The predicted molar refractivity (Wildman–Crippen MR) is 90.8 cm³/mol. The number of carboxylic acid groups (broad SMARTS) is 1. The molecule has 24 heavy (non-hydrogen) atoms. The lowest BCUT2D eigenvalue weighted by Crippen LogP contribution is -2.51. The minimum Gasteiger partial charge on any atom is -0.497 e. The van der Waals surface area contributed by atoms with Crippen molar-refractivity contribution in [1.29, 1.82) is 0 Å². The molecule has 7 heteroatoms. The Morgan fingerprint density at radius 3 is 3.04 bits per heavy atom. The van der Waals surface area contributed by atoms with Gasteiger partial charge in [0.15, 0.2) is 0 Å². The number of aliphatic carboxylic acids is 1. The predicted octanol–water partition coefficient (Wildman–Crippen LogP) is 1.67. The monoisotopic (exact) mass is 351 g/mol. The Kier molecular flexibility index (Phi) is 5.18. The van der Waals surface area contributed by atoms with Crippen LogP contribution in [0.5, 0.6) is 11.5 Å². The molecule has 6 nitrogen and oxygen atoms in total. The lowest BCUT2D eigenvalue weighted by atomic mass is 9.94. The quantitative estimate of drug-likeness (QED) is 0.889. The van der Waals surface area contributed by atoms with E-state index in [1.54, 1.807) is 23.8 Å². The number of ether oxygens (including phenoxy) is 2. The number of nitrogens with zero attached hydrogens (tertiary/aromatic N) is 1. The van der Waals surface area contributed by atoms with Crippen LogP contribution in [0.1, 0.15) is 12.0 Å². The molecule has 0 bridgehead atoms. The van der Waals surface area contributed by atoms with Gasteiger partial charge in [0.1, 0.15) is 18.1 Å². The zero-order chi connectivity index (χ0) is 17.1. The van der Waals surface area contributed by atoms with Crippen molar-refractivity contribution < 1.29 is 24.2 Å². The molecular formula is C17H21NO5S. The number of fused-ring (bicyclic) bond motifs is 1. The van der Waals surface area contributed by atoms with E-state index in [-0.39, 0.29) is 24.3 Å². The first kappa shape index (κ1) is 17.0. The number of benzene rings is 1. The van der Waals surface area contributed by atoms with Crippen molar-refractivity contribution in [2.75, 3.05) is 31.8 Å². The molecule has 130 valence electrons. The van der Waals surface area contributed by atoms with Gasteiger partial charge in [-0.1, -0.05) is 0 Å². The lowest BCUT2D eigenvalue weighted by molar-refractivity contribution is -0.142. The molecule has 2 aliphatic heterocycles. The van der Waals surface area contributed by atoms with E-state index < -0.39 is 5.97 Å². The van der Waals surface area contributed by atoms with Crippen LogP contribution in [0.4, 0.5) is 0 Å². The van der Waals surface area contributed by atoms with Crippen molar-refractivity contribution in [3.63, 3.8) is 0 Å². The van der Waals surface area contributed by atoms with Gasteiger partial charge in [0, 0.05) is 18.1 Å². The summed E-state index contributed by atoms with van der Waals surface area (Å²) in [4.78, 5) is 25.7. The summed E-state index contributed by atoms with van der Waals surface area (Å²) in [6.07, 6.45) is 0.589. The highest BCUT2D eigenvalue weighted by atomic mass is 32.2. The molecule has 0 aliphatic carbocycles. The van der Waals surface area contributed by atoms with Gasteiger partial charge in [-0.3, -0.25) is 9.59 Å². The second kappa shape index (κ2) is 7.34. The Balaban J connectivity index is 1.73. The van der Waals surface area contributed by atoms with Crippen molar-refractivity contribution in [3.05, 3.63) is 23.8 Å². The van der Waals surface area contributed by atoms with Crippen LogP contribution in [-0.4, -0.2) is 59.7 Å². The summed E-state index contributed by atoms with van der Waals surface area (Å²) in [6.45, 7) is 0.935.